The zero-order valence-corrected chi connectivity index (χ0v) is 13.0. The largest absolute Gasteiger partial charge is 0.383 e. The molecule has 0 saturated carbocycles. The minimum atomic E-state index is -0.139. The third-order valence-electron chi connectivity index (χ3n) is 4.01. The van der Waals surface area contributed by atoms with Crippen molar-refractivity contribution in [2.75, 3.05) is 52.0 Å². The predicted octanol–water partition coefficient (Wildman–Crippen LogP) is -0.240. The molecule has 0 radical (unpaired) electrons. The molecule has 1 amide bonds. The first-order chi connectivity index (χ1) is 10.1. The Morgan fingerprint density at radius 2 is 2.00 bits per heavy atom. The summed E-state index contributed by atoms with van der Waals surface area (Å²) in [5.41, 5.74) is 6.23. The second-order valence-corrected chi connectivity index (χ2v) is 5.68. The number of carbonyl (C=O) groups is 1. The van der Waals surface area contributed by atoms with Gasteiger partial charge in [0.05, 0.1) is 6.20 Å². The Labute approximate surface area is 126 Å². The Bertz CT molecular complexity index is 464. The number of nitrogens with one attached hydrogen (secondary N) is 1. The van der Waals surface area contributed by atoms with E-state index >= 15 is 0 Å². The maximum absolute atomic E-state index is 11.9. The molecule has 3 N–H and O–H groups in total. The second kappa shape index (κ2) is 7.42. The van der Waals surface area contributed by atoms with E-state index < -0.39 is 0 Å². The van der Waals surface area contributed by atoms with E-state index in [0.29, 0.717) is 17.9 Å². The molecule has 1 aromatic heterocycles. The summed E-state index contributed by atoms with van der Waals surface area (Å²) >= 11 is 0. The number of rotatable bonds is 6. The van der Waals surface area contributed by atoms with Gasteiger partial charge in [-0.15, -0.1) is 0 Å². The van der Waals surface area contributed by atoms with Gasteiger partial charge in [-0.3, -0.25) is 9.48 Å². The van der Waals surface area contributed by atoms with Crippen LogP contribution in [0.3, 0.4) is 0 Å². The van der Waals surface area contributed by atoms with Crippen LogP contribution in [0.5, 0.6) is 0 Å². The number of nitrogen functional groups attached to an aromatic ring is 1. The first-order valence-corrected chi connectivity index (χ1v) is 7.54. The fourth-order valence-electron chi connectivity index (χ4n) is 2.45. The molecule has 2 rings (SSSR count). The Morgan fingerprint density at radius 1 is 1.29 bits per heavy atom. The molecule has 1 aliphatic heterocycles. The van der Waals surface area contributed by atoms with Crippen LogP contribution < -0.4 is 11.1 Å². The van der Waals surface area contributed by atoms with Gasteiger partial charge in [0, 0.05) is 39.8 Å². The molecular formula is C14H26N6O. The van der Waals surface area contributed by atoms with Gasteiger partial charge in [-0.25, -0.2) is 0 Å². The summed E-state index contributed by atoms with van der Waals surface area (Å²) < 4.78 is 1.50. The van der Waals surface area contributed by atoms with Gasteiger partial charge in [0.1, 0.15) is 11.4 Å². The van der Waals surface area contributed by atoms with Crippen LogP contribution in [0.4, 0.5) is 5.82 Å². The number of carbonyl (C=O) groups excluding carboxylic acids is 1. The quantitative estimate of drug-likeness (QED) is 0.708. The molecule has 0 atom stereocenters. The predicted molar refractivity (Wildman–Crippen MR) is 83.1 cm³/mol. The molecule has 7 heteroatoms. The van der Waals surface area contributed by atoms with Crippen molar-refractivity contribution in [1.82, 2.24) is 24.9 Å². The Morgan fingerprint density at radius 3 is 2.62 bits per heavy atom. The number of piperazine rings is 1. The van der Waals surface area contributed by atoms with E-state index in [9.17, 15) is 4.79 Å². The summed E-state index contributed by atoms with van der Waals surface area (Å²) in [7, 11) is 3.89. The lowest BCUT2D eigenvalue weighted by atomic mass is 10.2. The molecule has 0 aromatic carbocycles. The summed E-state index contributed by atoms with van der Waals surface area (Å²) in [6, 6.07) is 0. The lowest BCUT2D eigenvalue weighted by Crippen LogP contribution is -2.44. The van der Waals surface area contributed by atoms with E-state index in [2.05, 4.69) is 27.3 Å². The highest BCUT2D eigenvalue weighted by Crippen LogP contribution is 2.08. The number of hydrogen-bond acceptors (Lipinski definition) is 5. The van der Waals surface area contributed by atoms with Crippen LogP contribution in [0.25, 0.3) is 0 Å². The number of anilines is 1. The van der Waals surface area contributed by atoms with Gasteiger partial charge in [0.25, 0.3) is 5.91 Å². The van der Waals surface area contributed by atoms with E-state index in [4.69, 9.17) is 5.73 Å². The first-order valence-electron chi connectivity index (χ1n) is 7.54. The fourth-order valence-corrected chi connectivity index (χ4v) is 2.45. The van der Waals surface area contributed by atoms with E-state index in [1.807, 2.05) is 0 Å². The third-order valence-corrected chi connectivity index (χ3v) is 4.01. The summed E-state index contributed by atoms with van der Waals surface area (Å²) in [5, 5.41) is 6.87. The van der Waals surface area contributed by atoms with Crippen LogP contribution in [-0.2, 0) is 7.05 Å². The molecule has 0 unspecified atom stereocenters. The zero-order valence-electron chi connectivity index (χ0n) is 13.0. The van der Waals surface area contributed by atoms with Gasteiger partial charge in [0.2, 0.25) is 0 Å². The van der Waals surface area contributed by atoms with Crippen molar-refractivity contribution < 1.29 is 4.79 Å². The monoisotopic (exact) mass is 294 g/mol. The summed E-state index contributed by atoms with van der Waals surface area (Å²) in [6.07, 6.45) is 3.60. The number of aryl methyl sites for hydroxylation is 1. The van der Waals surface area contributed by atoms with Gasteiger partial charge in [-0.2, -0.15) is 5.10 Å². The lowest BCUT2D eigenvalue weighted by Gasteiger charge is -2.32. The average molecular weight is 294 g/mol. The van der Waals surface area contributed by atoms with E-state index in [0.717, 1.165) is 45.6 Å². The molecule has 0 bridgehead atoms. The second-order valence-electron chi connectivity index (χ2n) is 5.68. The Kier molecular flexibility index (Phi) is 5.58. The van der Waals surface area contributed by atoms with Gasteiger partial charge in [-0.1, -0.05) is 0 Å². The summed E-state index contributed by atoms with van der Waals surface area (Å²) in [6.45, 7) is 6.39. The first kappa shape index (κ1) is 15.8. The molecule has 1 fully saturated rings. The average Bonchev–Trinajstić information content (AvgIpc) is 2.80. The molecule has 1 aliphatic rings. The van der Waals surface area contributed by atoms with E-state index in [1.165, 1.54) is 10.9 Å². The summed E-state index contributed by atoms with van der Waals surface area (Å²) in [5.74, 6) is 0.269. The molecule has 2 heterocycles. The number of nitrogens with zero attached hydrogens (tertiary/aromatic N) is 4. The van der Waals surface area contributed by atoms with Gasteiger partial charge >= 0.3 is 0 Å². The number of unbranched alkanes of at least 4 members (excludes halogenated alkanes) is 1. The maximum Gasteiger partial charge on any atom is 0.256 e. The number of amides is 1. The van der Waals surface area contributed by atoms with Crippen LogP contribution >= 0.6 is 0 Å². The minimum absolute atomic E-state index is 0.139. The van der Waals surface area contributed by atoms with Crippen molar-refractivity contribution in [1.29, 1.82) is 0 Å². The van der Waals surface area contributed by atoms with Gasteiger partial charge < -0.3 is 20.9 Å². The fraction of sp³-hybridized carbons (Fsp3) is 0.714. The smallest absolute Gasteiger partial charge is 0.256 e. The molecule has 1 saturated heterocycles. The van der Waals surface area contributed by atoms with Gasteiger partial charge in [-0.05, 0) is 26.4 Å². The topological polar surface area (TPSA) is 79.4 Å². The van der Waals surface area contributed by atoms with Crippen molar-refractivity contribution >= 4 is 11.7 Å². The van der Waals surface area contributed by atoms with Crippen molar-refractivity contribution in [2.24, 2.45) is 7.05 Å². The SMILES string of the molecule is CN1CCN(CCCCNC(=O)c2cnn(C)c2N)CC1. The highest BCUT2D eigenvalue weighted by Gasteiger charge is 2.14. The third kappa shape index (κ3) is 4.44. The molecule has 1 aromatic rings. The van der Waals surface area contributed by atoms with Gasteiger partial charge in [0.15, 0.2) is 0 Å². The number of aromatic nitrogens is 2. The van der Waals surface area contributed by atoms with E-state index in [-0.39, 0.29) is 5.91 Å². The van der Waals surface area contributed by atoms with Crippen LogP contribution in [0.1, 0.15) is 23.2 Å². The molecule has 0 spiro atoms. The molecule has 118 valence electrons. The zero-order chi connectivity index (χ0) is 15.2. The summed E-state index contributed by atoms with van der Waals surface area (Å²) in [4.78, 5) is 16.8. The van der Waals surface area contributed by atoms with Crippen molar-refractivity contribution in [3.05, 3.63) is 11.8 Å². The Balaban J connectivity index is 1.59. The lowest BCUT2D eigenvalue weighted by molar-refractivity contribution is 0.0952. The number of hydrogen-bond donors (Lipinski definition) is 2. The maximum atomic E-state index is 11.9. The normalized spacial score (nSPS) is 17.0. The molecule has 7 nitrogen and oxygen atoms in total. The van der Waals surface area contributed by atoms with Crippen molar-refractivity contribution in [2.45, 2.75) is 12.8 Å². The molecule has 21 heavy (non-hydrogen) atoms. The molecular weight excluding hydrogens is 268 g/mol. The highest BCUT2D eigenvalue weighted by atomic mass is 16.1. The van der Waals surface area contributed by atoms with Crippen LogP contribution in [0, 0.1) is 0 Å². The van der Waals surface area contributed by atoms with E-state index in [1.54, 1.807) is 7.05 Å². The van der Waals surface area contributed by atoms with Crippen molar-refractivity contribution in [3.63, 3.8) is 0 Å². The van der Waals surface area contributed by atoms with Crippen LogP contribution in [0.2, 0.25) is 0 Å². The molecule has 0 aliphatic carbocycles. The standard InChI is InChI=1S/C14H26N6O/c1-18-7-9-20(10-8-18)6-4-3-5-16-14(21)12-11-17-19(2)13(12)15/h11H,3-10,15H2,1-2H3,(H,16,21). The highest BCUT2D eigenvalue weighted by molar-refractivity contribution is 5.98. The number of likely N-dealkylation sites (N-methyl/N-ethyl adjacent to an activating group) is 1. The minimum Gasteiger partial charge on any atom is -0.383 e. The van der Waals surface area contributed by atoms with Crippen LogP contribution in [0.15, 0.2) is 6.20 Å². The van der Waals surface area contributed by atoms with Crippen LogP contribution in [-0.4, -0.2) is 71.8 Å². The number of nitrogens with two attached hydrogens (primary N) is 1. The van der Waals surface area contributed by atoms with Crippen molar-refractivity contribution in [3.8, 4) is 0 Å². The Hall–Kier alpha value is -1.60.